The summed E-state index contributed by atoms with van der Waals surface area (Å²) in [4.78, 5) is 40.1. The normalized spacial score (nSPS) is 21.9. The van der Waals surface area contributed by atoms with Crippen molar-refractivity contribution in [2.24, 2.45) is 5.92 Å². The lowest BCUT2D eigenvalue weighted by molar-refractivity contribution is -0.151. The first-order valence-electron chi connectivity index (χ1n) is 9.89. The van der Waals surface area contributed by atoms with Gasteiger partial charge in [0.25, 0.3) is 5.91 Å². The minimum atomic E-state index is -0.607. The number of ether oxygens (including phenoxy) is 2. The molecule has 0 saturated heterocycles. The standard InChI is InChI=1S/C21H28N2O5/c1-15-7-9-16(10-8-15)22(2)20(25)14-28-21(26)13-23-17-5-3-4-6-18(17)27-12-11-19(23)24/h3-6,15-16H,7-14H2,1-2H3. The van der Waals surface area contributed by atoms with Crippen LogP contribution in [0.25, 0.3) is 0 Å². The molecule has 2 aliphatic rings. The number of rotatable bonds is 5. The Morgan fingerprint density at radius 1 is 1.21 bits per heavy atom. The molecule has 1 aliphatic heterocycles. The Labute approximate surface area is 165 Å². The van der Waals surface area contributed by atoms with Crippen molar-refractivity contribution in [3.8, 4) is 5.75 Å². The van der Waals surface area contributed by atoms with Crippen LogP contribution in [0.15, 0.2) is 24.3 Å². The van der Waals surface area contributed by atoms with Gasteiger partial charge < -0.3 is 14.4 Å². The number of benzene rings is 1. The second-order valence-corrected chi connectivity index (χ2v) is 7.63. The van der Waals surface area contributed by atoms with Crippen LogP contribution < -0.4 is 9.64 Å². The van der Waals surface area contributed by atoms with Gasteiger partial charge in [0.05, 0.1) is 18.7 Å². The van der Waals surface area contributed by atoms with Gasteiger partial charge in [0.2, 0.25) is 5.91 Å². The highest BCUT2D eigenvalue weighted by atomic mass is 16.5. The summed E-state index contributed by atoms with van der Waals surface area (Å²) in [6.45, 7) is 1.95. The van der Waals surface area contributed by atoms with E-state index in [9.17, 15) is 14.4 Å². The Balaban J connectivity index is 1.54. The van der Waals surface area contributed by atoms with Gasteiger partial charge in [-0.2, -0.15) is 0 Å². The van der Waals surface area contributed by atoms with Crippen LogP contribution >= 0.6 is 0 Å². The van der Waals surface area contributed by atoms with Crippen LogP contribution in [0.3, 0.4) is 0 Å². The lowest BCUT2D eigenvalue weighted by Gasteiger charge is -2.33. The molecule has 0 radical (unpaired) electrons. The fourth-order valence-electron chi connectivity index (χ4n) is 3.75. The van der Waals surface area contributed by atoms with Gasteiger partial charge in [-0.1, -0.05) is 19.1 Å². The number of carbonyl (C=O) groups excluding carboxylic acids is 3. The lowest BCUT2D eigenvalue weighted by Crippen LogP contribution is -2.42. The van der Waals surface area contributed by atoms with Gasteiger partial charge in [0.15, 0.2) is 6.61 Å². The Bertz CT molecular complexity index is 727. The van der Waals surface area contributed by atoms with Gasteiger partial charge >= 0.3 is 5.97 Å². The van der Waals surface area contributed by atoms with Crippen molar-refractivity contribution in [2.75, 3.05) is 31.7 Å². The summed E-state index contributed by atoms with van der Waals surface area (Å²) >= 11 is 0. The number of amides is 2. The number of hydrogen-bond donors (Lipinski definition) is 0. The molecule has 28 heavy (non-hydrogen) atoms. The van der Waals surface area contributed by atoms with E-state index in [1.807, 2.05) is 6.07 Å². The van der Waals surface area contributed by atoms with E-state index in [-0.39, 0.29) is 44.0 Å². The minimum absolute atomic E-state index is 0.184. The van der Waals surface area contributed by atoms with Crippen LogP contribution in [-0.2, 0) is 19.1 Å². The Kier molecular flexibility index (Phi) is 6.54. The van der Waals surface area contributed by atoms with Gasteiger partial charge in [-0.15, -0.1) is 0 Å². The average molecular weight is 388 g/mol. The number of hydrogen-bond acceptors (Lipinski definition) is 5. The Morgan fingerprint density at radius 3 is 2.68 bits per heavy atom. The number of esters is 1. The molecule has 7 nitrogen and oxygen atoms in total. The summed E-state index contributed by atoms with van der Waals surface area (Å²) in [5.74, 6) is 0.239. The third-order valence-corrected chi connectivity index (χ3v) is 5.60. The zero-order valence-electron chi connectivity index (χ0n) is 16.6. The molecule has 2 amide bonds. The van der Waals surface area contributed by atoms with Crippen LogP contribution in [0.1, 0.15) is 39.0 Å². The summed E-state index contributed by atoms with van der Waals surface area (Å²) in [7, 11) is 1.77. The molecule has 7 heteroatoms. The summed E-state index contributed by atoms with van der Waals surface area (Å²) in [5.41, 5.74) is 0.543. The number of nitrogens with zero attached hydrogens (tertiary/aromatic N) is 2. The zero-order chi connectivity index (χ0) is 20.1. The van der Waals surface area contributed by atoms with Crippen LogP contribution in [0.2, 0.25) is 0 Å². The van der Waals surface area contributed by atoms with E-state index in [4.69, 9.17) is 9.47 Å². The summed E-state index contributed by atoms with van der Waals surface area (Å²) < 4.78 is 10.7. The highest BCUT2D eigenvalue weighted by molar-refractivity contribution is 5.99. The van der Waals surface area contributed by atoms with E-state index in [1.54, 1.807) is 30.1 Å². The number of para-hydroxylation sites is 2. The number of fused-ring (bicyclic) bond motifs is 1. The Hall–Kier alpha value is -2.57. The van der Waals surface area contributed by atoms with Crippen molar-refractivity contribution in [3.05, 3.63) is 24.3 Å². The second kappa shape index (κ2) is 9.08. The zero-order valence-corrected chi connectivity index (χ0v) is 16.6. The van der Waals surface area contributed by atoms with Crippen molar-refractivity contribution in [3.63, 3.8) is 0 Å². The number of likely N-dealkylation sites (N-methyl/N-ethyl adjacent to an activating group) is 1. The Morgan fingerprint density at radius 2 is 1.93 bits per heavy atom. The van der Waals surface area contributed by atoms with E-state index in [2.05, 4.69) is 6.92 Å². The first-order chi connectivity index (χ1) is 13.5. The highest BCUT2D eigenvalue weighted by Gasteiger charge is 2.28. The van der Waals surface area contributed by atoms with Crippen molar-refractivity contribution >= 4 is 23.5 Å². The first kappa shape index (κ1) is 20.2. The van der Waals surface area contributed by atoms with Gasteiger partial charge in [-0.25, -0.2) is 0 Å². The molecular formula is C21H28N2O5. The molecule has 1 saturated carbocycles. The number of anilines is 1. The van der Waals surface area contributed by atoms with Gasteiger partial charge in [0.1, 0.15) is 12.3 Å². The average Bonchev–Trinajstić information content (AvgIpc) is 2.85. The molecule has 0 N–H and O–H groups in total. The molecule has 152 valence electrons. The van der Waals surface area contributed by atoms with Crippen LogP contribution in [-0.4, -0.2) is 55.5 Å². The van der Waals surface area contributed by atoms with E-state index >= 15 is 0 Å². The van der Waals surface area contributed by atoms with Crippen molar-refractivity contribution in [2.45, 2.75) is 45.1 Å². The fraction of sp³-hybridized carbons (Fsp3) is 0.571. The maximum Gasteiger partial charge on any atom is 0.326 e. The molecule has 1 aliphatic carbocycles. The third kappa shape index (κ3) is 4.82. The molecule has 0 bridgehead atoms. The largest absolute Gasteiger partial charge is 0.491 e. The monoisotopic (exact) mass is 388 g/mol. The van der Waals surface area contributed by atoms with E-state index < -0.39 is 5.97 Å². The van der Waals surface area contributed by atoms with Crippen molar-refractivity contribution < 1.29 is 23.9 Å². The molecule has 1 aromatic carbocycles. The van der Waals surface area contributed by atoms with Gasteiger partial charge in [0, 0.05) is 13.1 Å². The molecular weight excluding hydrogens is 360 g/mol. The van der Waals surface area contributed by atoms with Gasteiger partial charge in [-0.05, 0) is 43.7 Å². The molecule has 0 atom stereocenters. The van der Waals surface area contributed by atoms with E-state index in [1.165, 1.54) is 4.90 Å². The minimum Gasteiger partial charge on any atom is -0.491 e. The molecule has 3 rings (SSSR count). The molecule has 1 fully saturated rings. The van der Waals surface area contributed by atoms with Crippen LogP contribution in [0.5, 0.6) is 5.75 Å². The summed E-state index contributed by atoms with van der Waals surface area (Å²) in [6, 6.07) is 7.29. The highest BCUT2D eigenvalue weighted by Crippen LogP contribution is 2.31. The maximum absolute atomic E-state index is 12.4. The van der Waals surface area contributed by atoms with E-state index in [0.29, 0.717) is 17.4 Å². The molecule has 0 unspecified atom stereocenters. The van der Waals surface area contributed by atoms with Crippen LogP contribution in [0, 0.1) is 5.92 Å². The second-order valence-electron chi connectivity index (χ2n) is 7.63. The predicted octanol–water partition coefficient (Wildman–Crippen LogP) is 2.38. The quantitative estimate of drug-likeness (QED) is 0.724. The summed E-state index contributed by atoms with van der Waals surface area (Å²) in [6.07, 6.45) is 4.37. The lowest BCUT2D eigenvalue weighted by atomic mass is 9.87. The van der Waals surface area contributed by atoms with Crippen molar-refractivity contribution in [1.29, 1.82) is 0 Å². The van der Waals surface area contributed by atoms with E-state index in [0.717, 1.165) is 25.7 Å². The topological polar surface area (TPSA) is 76.2 Å². The number of carbonyl (C=O) groups is 3. The van der Waals surface area contributed by atoms with Crippen LogP contribution in [0.4, 0.5) is 5.69 Å². The summed E-state index contributed by atoms with van der Waals surface area (Å²) in [5, 5.41) is 0. The smallest absolute Gasteiger partial charge is 0.326 e. The molecule has 0 spiro atoms. The third-order valence-electron chi connectivity index (χ3n) is 5.60. The molecule has 1 aromatic rings. The molecule has 0 aromatic heterocycles. The SMILES string of the molecule is CC1CCC(N(C)C(=O)COC(=O)CN2C(=O)CCOc3ccccc32)CC1. The van der Waals surface area contributed by atoms with Crippen molar-refractivity contribution in [1.82, 2.24) is 4.90 Å². The predicted molar refractivity (Wildman–Crippen MR) is 104 cm³/mol. The van der Waals surface area contributed by atoms with Gasteiger partial charge in [-0.3, -0.25) is 19.3 Å². The fourth-order valence-corrected chi connectivity index (χ4v) is 3.75. The maximum atomic E-state index is 12.4. The molecule has 1 heterocycles. The first-order valence-corrected chi connectivity index (χ1v) is 9.89.